The Bertz CT molecular complexity index is 228. The van der Waals surface area contributed by atoms with Gasteiger partial charge in [-0.15, -0.1) is 0 Å². The van der Waals surface area contributed by atoms with Crippen molar-refractivity contribution in [2.24, 2.45) is 0 Å². The molecule has 1 aromatic carbocycles. The number of nitrogens with one attached hydrogen (secondary N) is 1. The van der Waals surface area contributed by atoms with Crippen molar-refractivity contribution in [1.29, 1.82) is 0 Å². The Hall–Kier alpha value is -0.795. The minimum absolute atomic E-state index is 0.389. The number of hydrogen-bond acceptors (Lipinski definition) is 2. The molecule has 1 rings (SSSR count). The van der Waals surface area contributed by atoms with E-state index in [9.17, 15) is 5.11 Å². The summed E-state index contributed by atoms with van der Waals surface area (Å²) >= 11 is 0. The highest BCUT2D eigenvalue weighted by Crippen LogP contribution is 1.83. The third-order valence-corrected chi connectivity index (χ3v) is 1.88. The molecule has 0 spiro atoms. The molecule has 1 unspecified atom stereocenters. The van der Waals surface area contributed by atoms with E-state index in [-0.39, 0.29) is 6.23 Å². The van der Waals surface area contributed by atoms with Crippen molar-refractivity contribution >= 4 is 12.7 Å². The smallest absolute Gasteiger partial charge is 0.169 e. The molecule has 0 heterocycles. The fraction of sp³-hybridized carbons (Fsp3) is 0.400. The maximum atomic E-state index is 9.20. The molecule has 13 heavy (non-hydrogen) atoms. The van der Waals surface area contributed by atoms with Crippen molar-refractivity contribution in [2.45, 2.75) is 19.6 Å². The van der Waals surface area contributed by atoms with E-state index >= 15 is 0 Å². The summed E-state index contributed by atoms with van der Waals surface area (Å²) in [5, 5.41) is 12.2. The predicted molar refractivity (Wildman–Crippen MR) is 56.1 cm³/mol. The largest absolute Gasteiger partial charge is 0.379 e. The van der Waals surface area contributed by atoms with Gasteiger partial charge in [-0.3, -0.25) is 5.32 Å². The summed E-state index contributed by atoms with van der Waals surface area (Å²) in [5.41, 5.74) is 1.18. The zero-order valence-electron chi connectivity index (χ0n) is 7.90. The molecule has 69 valence electrons. The van der Waals surface area contributed by atoms with Gasteiger partial charge in [-0.2, -0.15) is 0 Å². The molecule has 2 nitrogen and oxygen atoms in total. The lowest BCUT2D eigenvalue weighted by atomic mass is 9.70. The normalized spacial score (nSPS) is 12.5. The molecule has 3 heteroatoms. The molecule has 0 aromatic heterocycles. The Morgan fingerprint density at radius 2 is 2.08 bits per heavy atom. The molecular weight excluding hydrogens is 161 g/mol. The number of hydrogen-bond donors (Lipinski definition) is 2. The Morgan fingerprint density at radius 3 is 2.69 bits per heavy atom. The van der Waals surface area contributed by atoms with Crippen molar-refractivity contribution in [3.63, 3.8) is 0 Å². The Kier molecular flexibility index (Phi) is 4.58. The van der Waals surface area contributed by atoms with Gasteiger partial charge in [0.1, 0.15) is 6.23 Å². The first-order chi connectivity index (χ1) is 6.33. The van der Waals surface area contributed by atoms with E-state index in [4.69, 9.17) is 0 Å². The second-order valence-electron chi connectivity index (χ2n) is 2.95. The first-order valence-corrected chi connectivity index (χ1v) is 4.62. The van der Waals surface area contributed by atoms with Crippen LogP contribution in [0.5, 0.6) is 0 Å². The third-order valence-electron chi connectivity index (χ3n) is 1.88. The van der Waals surface area contributed by atoms with E-state index in [0.717, 1.165) is 6.42 Å². The minimum atomic E-state index is -0.389. The average Bonchev–Trinajstić information content (AvgIpc) is 2.19. The molecule has 0 aliphatic heterocycles. The summed E-state index contributed by atoms with van der Waals surface area (Å²) in [6.07, 6.45) is 1.06. The fourth-order valence-corrected chi connectivity index (χ4v) is 1.05. The quantitative estimate of drug-likeness (QED) is 0.499. The molecule has 0 aliphatic carbocycles. The van der Waals surface area contributed by atoms with Crippen molar-refractivity contribution in [3.8, 4) is 0 Å². The number of benzene rings is 1. The van der Waals surface area contributed by atoms with Gasteiger partial charge in [0.05, 0.1) is 0 Å². The highest BCUT2D eigenvalue weighted by atomic mass is 16.3. The maximum absolute atomic E-state index is 9.20. The molecule has 0 aliphatic rings. The van der Waals surface area contributed by atoms with Crippen LogP contribution in [0, 0.1) is 0 Å². The maximum Gasteiger partial charge on any atom is 0.169 e. The van der Waals surface area contributed by atoms with Gasteiger partial charge in [0, 0.05) is 0 Å². The van der Waals surface area contributed by atoms with E-state index < -0.39 is 0 Å². The second kappa shape index (κ2) is 5.78. The van der Waals surface area contributed by atoms with Gasteiger partial charge in [0.25, 0.3) is 0 Å². The molecule has 0 fully saturated rings. The summed E-state index contributed by atoms with van der Waals surface area (Å²) in [6.45, 7) is 1.94. The van der Waals surface area contributed by atoms with Gasteiger partial charge in [0.2, 0.25) is 0 Å². The van der Waals surface area contributed by atoms with Crippen molar-refractivity contribution in [2.75, 3.05) is 6.44 Å². The lowest BCUT2D eigenvalue weighted by Crippen LogP contribution is -2.35. The summed E-state index contributed by atoms with van der Waals surface area (Å²) in [5.74, 6) is 0. The van der Waals surface area contributed by atoms with E-state index in [1.165, 1.54) is 5.46 Å². The van der Waals surface area contributed by atoms with Crippen LogP contribution >= 0.6 is 0 Å². The van der Waals surface area contributed by atoms with Crippen molar-refractivity contribution < 1.29 is 5.11 Å². The van der Waals surface area contributed by atoms with Crippen LogP contribution in [0.15, 0.2) is 30.3 Å². The van der Waals surface area contributed by atoms with Gasteiger partial charge in [-0.05, 0) is 12.9 Å². The zero-order valence-corrected chi connectivity index (χ0v) is 7.90. The molecule has 0 bridgehead atoms. The third kappa shape index (κ3) is 4.11. The molecule has 1 radical (unpaired) electrons. The van der Waals surface area contributed by atoms with Crippen LogP contribution in [0.2, 0.25) is 0 Å². The summed E-state index contributed by atoms with van der Waals surface area (Å²) in [4.78, 5) is 0. The van der Waals surface area contributed by atoms with Crippen LogP contribution in [-0.4, -0.2) is 25.1 Å². The van der Waals surface area contributed by atoms with Crippen molar-refractivity contribution in [3.05, 3.63) is 30.3 Å². The highest BCUT2D eigenvalue weighted by Gasteiger charge is 1.99. The monoisotopic (exact) mass is 176 g/mol. The summed E-state index contributed by atoms with van der Waals surface area (Å²) < 4.78 is 0. The van der Waals surface area contributed by atoms with Gasteiger partial charge in [-0.1, -0.05) is 42.7 Å². The highest BCUT2D eigenvalue weighted by molar-refractivity contribution is 6.53. The van der Waals surface area contributed by atoms with Crippen LogP contribution in [0.3, 0.4) is 0 Å². The Labute approximate surface area is 80.2 Å². The van der Waals surface area contributed by atoms with Crippen LogP contribution in [0.25, 0.3) is 0 Å². The lowest BCUT2D eigenvalue weighted by Gasteiger charge is -2.08. The summed E-state index contributed by atoms with van der Waals surface area (Å²) in [6, 6.07) is 10.1. The molecular formula is C10H15BNO. The molecule has 2 N–H and O–H groups in total. The molecule has 1 atom stereocenters. The van der Waals surface area contributed by atoms with Crippen LogP contribution in [-0.2, 0) is 0 Å². The van der Waals surface area contributed by atoms with Gasteiger partial charge in [-0.25, -0.2) is 0 Å². The number of rotatable bonds is 5. The first-order valence-electron chi connectivity index (χ1n) is 4.62. The summed E-state index contributed by atoms with van der Waals surface area (Å²) in [7, 11) is 2.05. The van der Waals surface area contributed by atoms with E-state index in [1.807, 2.05) is 37.3 Å². The number of aliphatic hydroxyl groups is 1. The minimum Gasteiger partial charge on any atom is -0.379 e. The fourth-order valence-electron chi connectivity index (χ4n) is 1.05. The van der Waals surface area contributed by atoms with Gasteiger partial charge >= 0.3 is 0 Å². The SMILES string of the molecule is CCC(O)NC[B]c1ccccc1. The standard InChI is InChI=1S/C10H15BNO/c1-2-10(13)12-8-11-9-6-4-3-5-7-9/h3-7,10,12-13H,2,8H2,1H3. The molecule has 0 saturated heterocycles. The molecule has 0 saturated carbocycles. The zero-order chi connectivity index (χ0) is 9.52. The topological polar surface area (TPSA) is 32.3 Å². The van der Waals surface area contributed by atoms with Gasteiger partial charge < -0.3 is 5.11 Å². The van der Waals surface area contributed by atoms with E-state index in [2.05, 4.69) is 12.6 Å². The van der Waals surface area contributed by atoms with Crippen LogP contribution in [0.1, 0.15) is 13.3 Å². The lowest BCUT2D eigenvalue weighted by molar-refractivity contribution is 0.140. The number of aliphatic hydroxyl groups excluding tert-OH is 1. The van der Waals surface area contributed by atoms with Crippen LogP contribution in [0.4, 0.5) is 0 Å². The van der Waals surface area contributed by atoms with Crippen molar-refractivity contribution in [1.82, 2.24) is 5.32 Å². The Balaban J connectivity index is 2.20. The predicted octanol–water partition coefficient (Wildman–Crippen LogP) is 0.292. The van der Waals surface area contributed by atoms with E-state index in [1.54, 1.807) is 0 Å². The second-order valence-corrected chi connectivity index (χ2v) is 2.95. The first kappa shape index (κ1) is 10.3. The van der Waals surface area contributed by atoms with Crippen LogP contribution < -0.4 is 10.8 Å². The average molecular weight is 176 g/mol. The molecule has 1 aromatic rings. The van der Waals surface area contributed by atoms with Gasteiger partial charge in [0.15, 0.2) is 7.28 Å². The van der Waals surface area contributed by atoms with E-state index in [0.29, 0.717) is 6.44 Å². The Morgan fingerprint density at radius 1 is 1.38 bits per heavy atom. The molecule has 0 amide bonds.